The van der Waals surface area contributed by atoms with Gasteiger partial charge in [-0.2, -0.15) is 14.0 Å². The standard InChI is InChI=1S/C23H21BrF2N6O3S/c24-19-12-31-22(32(19)17-8-7-14(11-27)15-5-1-2-6-16(15)17)36-23(25,26)18(33)10-13(20(34)35)4-3-9-30-21(28)29/h1-2,5-8,12-13H,3-4,9-10H2,(H,34,35)(H4,28,29,30). The predicted octanol–water partition coefficient (Wildman–Crippen LogP) is 4.06. The minimum atomic E-state index is -3.95. The number of imidazole rings is 1. The van der Waals surface area contributed by atoms with Crippen molar-refractivity contribution in [2.45, 2.75) is 29.7 Å². The number of nitriles is 1. The van der Waals surface area contributed by atoms with Crippen LogP contribution in [0, 0.1) is 17.2 Å². The average Bonchev–Trinajstić information content (AvgIpc) is 3.18. The zero-order valence-corrected chi connectivity index (χ0v) is 21.1. The number of hydrogen-bond donors (Lipinski definition) is 3. The highest BCUT2D eigenvalue weighted by Gasteiger charge is 2.43. The number of thioether (sulfide) groups is 1. The highest BCUT2D eigenvalue weighted by molar-refractivity contribution is 9.10. The smallest absolute Gasteiger partial charge is 0.358 e. The van der Waals surface area contributed by atoms with Gasteiger partial charge >= 0.3 is 11.2 Å². The second kappa shape index (κ2) is 11.5. The maximum atomic E-state index is 15.0. The molecule has 188 valence electrons. The Balaban J connectivity index is 1.86. The topological polar surface area (TPSA) is 160 Å². The van der Waals surface area contributed by atoms with Gasteiger partial charge in [-0.3, -0.25) is 19.1 Å². The first-order valence-electron chi connectivity index (χ1n) is 10.6. The Bertz CT molecular complexity index is 1370. The second-order valence-corrected chi connectivity index (χ2v) is 9.61. The molecule has 1 atom stereocenters. The minimum Gasteiger partial charge on any atom is -0.481 e. The van der Waals surface area contributed by atoms with Gasteiger partial charge in [-0.05, 0) is 52.7 Å². The van der Waals surface area contributed by atoms with Crippen molar-refractivity contribution in [2.75, 3.05) is 6.54 Å². The largest absolute Gasteiger partial charge is 0.481 e. The van der Waals surface area contributed by atoms with Gasteiger partial charge in [0, 0.05) is 23.7 Å². The predicted molar refractivity (Wildman–Crippen MR) is 135 cm³/mol. The fraction of sp³-hybridized carbons (Fsp3) is 0.261. The van der Waals surface area contributed by atoms with E-state index >= 15 is 8.78 Å². The van der Waals surface area contributed by atoms with Crippen LogP contribution in [0.2, 0.25) is 0 Å². The zero-order chi connectivity index (χ0) is 26.5. The number of alkyl halides is 2. The molecule has 3 aromatic rings. The lowest BCUT2D eigenvalue weighted by Crippen LogP contribution is -2.30. The number of aromatic nitrogens is 2. The Kier molecular flexibility index (Phi) is 8.65. The molecular formula is C23H21BrF2N6O3S. The van der Waals surface area contributed by atoms with Crippen LogP contribution in [0.15, 0.2) is 57.3 Å². The number of fused-ring (bicyclic) bond motifs is 1. The van der Waals surface area contributed by atoms with Crippen LogP contribution in [0.5, 0.6) is 0 Å². The third-order valence-corrected chi connectivity index (χ3v) is 6.79. The monoisotopic (exact) mass is 578 g/mol. The molecule has 0 bridgehead atoms. The second-order valence-electron chi connectivity index (χ2n) is 7.72. The Morgan fingerprint density at radius 2 is 1.94 bits per heavy atom. The van der Waals surface area contributed by atoms with Crippen LogP contribution >= 0.6 is 27.7 Å². The van der Waals surface area contributed by atoms with Crippen LogP contribution in [-0.2, 0) is 9.59 Å². The molecule has 0 radical (unpaired) electrons. The molecule has 1 heterocycles. The number of aliphatic imine (C=N–C) groups is 1. The average molecular weight is 579 g/mol. The Labute approximate surface area is 217 Å². The number of halogens is 3. The van der Waals surface area contributed by atoms with E-state index < -0.39 is 29.3 Å². The van der Waals surface area contributed by atoms with Crippen LogP contribution in [0.3, 0.4) is 0 Å². The number of hydrogen-bond acceptors (Lipinski definition) is 6. The summed E-state index contributed by atoms with van der Waals surface area (Å²) < 4.78 is 31.8. The summed E-state index contributed by atoms with van der Waals surface area (Å²) in [7, 11) is 0. The van der Waals surface area contributed by atoms with E-state index in [1.807, 2.05) is 0 Å². The molecule has 3 rings (SSSR count). The molecule has 0 aliphatic rings. The van der Waals surface area contributed by atoms with Gasteiger partial charge in [-0.15, -0.1) is 0 Å². The van der Waals surface area contributed by atoms with Crippen LogP contribution in [0.25, 0.3) is 16.5 Å². The van der Waals surface area contributed by atoms with E-state index in [1.54, 1.807) is 36.4 Å². The number of Topliss-reactive ketones (excluding diaryl/α,β-unsaturated/α-hetero) is 1. The number of nitrogens with zero attached hydrogens (tertiary/aromatic N) is 4. The summed E-state index contributed by atoms with van der Waals surface area (Å²) in [5.74, 6) is -4.37. The Hall–Kier alpha value is -3.50. The number of guanidine groups is 1. The Morgan fingerprint density at radius 3 is 2.58 bits per heavy atom. The molecule has 0 saturated carbocycles. The van der Waals surface area contributed by atoms with E-state index in [0.29, 0.717) is 26.6 Å². The molecule has 2 aromatic carbocycles. The lowest BCUT2D eigenvalue weighted by Gasteiger charge is -2.18. The highest BCUT2D eigenvalue weighted by atomic mass is 79.9. The van der Waals surface area contributed by atoms with Crippen molar-refractivity contribution in [2.24, 2.45) is 22.4 Å². The van der Waals surface area contributed by atoms with Gasteiger partial charge in [0.25, 0.3) is 0 Å². The molecule has 36 heavy (non-hydrogen) atoms. The number of aliphatic carboxylic acids is 1. The number of carbonyl (C=O) groups is 2. The third-order valence-electron chi connectivity index (χ3n) is 5.28. The van der Waals surface area contributed by atoms with Gasteiger partial charge in [-0.1, -0.05) is 24.3 Å². The van der Waals surface area contributed by atoms with Crippen LogP contribution in [0.4, 0.5) is 8.78 Å². The number of benzene rings is 2. The van der Waals surface area contributed by atoms with Crippen molar-refractivity contribution in [3.63, 3.8) is 0 Å². The van der Waals surface area contributed by atoms with Crippen LogP contribution in [-0.4, -0.2) is 44.2 Å². The van der Waals surface area contributed by atoms with Gasteiger partial charge in [-0.25, -0.2) is 4.98 Å². The molecule has 0 spiro atoms. The van der Waals surface area contributed by atoms with Gasteiger partial charge in [0.05, 0.1) is 29.4 Å². The molecule has 0 aliphatic carbocycles. The van der Waals surface area contributed by atoms with Crippen molar-refractivity contribution in [1.29, 1.82) is 5.26 Å². The van der Waals surface area contributed by atoms with Gasteiger partial charge < -0.3 is 16.6 Å². The van der Waals surface area contributed by atoms with Crippen molar-refractivity contribution in [3.05, 3.63) is 52.8 Å². The number of carboxylic acids is 1. The maximum absolute atomic E-state index is 15.0. The summed E-state index contributed by atoms with van der Waals surface area (Å²) in [6.45, 7) is 0.120. The van der Waals surface area contributed by atoms with Crippen molar-refractivity contribution in [1.82, 2.24) is 9.55 Å². The molecular weight excluding hydrogens is 558 g/mol. The van der Waals surface area contributed by atoms with E-state index in [2.05, 4.69) is 32.0 Å². The lowest BCUT2D eigenvalue weighted by molar-refractivity contribution is -0.146. The Morgan fingerprint density at radius 1 is 1.25 bits per heavy atom. The van der Waals surface area contributed by atoms with E-state index in [9.17, 15) is 20.0 Å². The fourth-order valence-corrected chi connectivity index (χ4v) is 4.95. The van der Waals surface area contributed by atoms with E-state index in [1.165, 1.54) is 10.8 Å². The molecule has 0 amide bonds. The van der Waals surface area contributed by atoms with Gasteiger partial charge in [0.15, 0.2) is 11.1 Å². The van der Waals surface area contributed by atoms with E-state index in [-0.39, 0.29) is 42.3 Å². The summed E-state index contributed by atoms with van der Waals surface area (Å²) in [5.41, 5.74) is 11.3. The third kappa shape index (κ3) is 6.19. The summed E-state index contributed by atoms with van der Waals surface area (Å²) in [6.07, 6.45) is 0.623. The highest BCUT2D eigenvalue weighted by Crippen LogP contribution is 2.41. The number of ketones is 1. The van der Waals surface area contributed by atoms with Crippen molar-refractivity contribution in [3.8, 4) is 11.8 Å². The quantitative estimate of drug-likeness (QED) is 0.133. The van der Waals surface area contributed by atoms with E-state index in [0.717, 1.165) is 0 Å². The molecule has 13 heteroatoms. The summed E-state index contributed by atoms with van der Waals surface area (Å²) >= 11 is 3.24. The first-order chi connectivity index (χ1) is 17.0. The molecule has 9 nitrogen and oxygen atoms in total. The van der Waals surface area contributed by atoms with Crippen molar-refractivity contribution >= 4 is 56.2 Å². The number of carboxylic acid groups (broad SMARTS) is 1. The van der Waals surface area contributed by atoms with Crippen LogP contribution < -0.4 is 11.5 Å². The first-order valence-corrected chi connectivity index (χ1v) is 12.2. The van der Waals surface area contributed by atoms with Crippen LogP contribution in [0.1, 0.15) is 24.8 Å². The molecule has 5 N–H and O–H groups in total. The SMILES string of the molecule is N#Cc1ccc(-n2c(Br)cnc2SC(F)(F)C(=O)CC(CCCN=C(N)N)C(=O)O)c2ccccc12. The summed E-state index contributed by atoms with van der Waals surface area (Å²) in [6, 6.07) is 12.3. The van der Waals surface area contributed by atoms with Crippen molar-refractivity contribution < 1.29 is 23.5 Å². The fourth-order valence-electron chi connectivity index (χ4n) is 3.55. The summed E-state index contributed by atoms with van der Waals surface area (Å²) in [4.78, 5) is 31.8. The first kappa shape index (κ1) is 27.1. The molecule has 1 aromatic heterocycles. The zero-order valence-electron chi connectivity index (χ0n) is 18.7. The minimum absolute atomic E-state index is 0.0456. The normalized spacial score (nSPS) is 12.2. The summed E-state index contributed by atoms with van der Waals surface area (Å²) in [5, 5.41) is 15.9. The number of rotatable bonds is 11. The van der Waals surface area contributed by atoms with E-state index in [4.69, 9.17) is 11.5 Å². The van der Waals surface area contributed by atoms with Gasteiger partial charge in [0.1, 0.15) is 4.60 Å². The molecule has 1 unspecified atom stereocenters. The number of carbonyl (C=O) groups excluding carboxylic acids is 1. The molecule has 0 saturated heterocycles. The van der Waals surface area contributed by atoms with Gasteiger partial charge in [0.2, 0.25) is 5.78 Å². The number of nitrogens with two attached hydrogens (primary N) is 2. The molecule has 0 fully saturated rings. The molecule has 0 aliphatic heterocycles. The maximum Gasteiger partial charge on any atom is 0.358 e. The lowest BCUT2D eigenvalue weighted by atomic mass is 9.97.